The van der Waals surface area contributed by atoms with E-state index in [-0.39, 0.29) is 28.1 Å². The van der Waals surface area contributed by atoms with Crippen LogP contribution in [0.3, 0.4) is 0 Å². The normalized spacial score (nSPS) is 17.7. The molecule has 1 aliphatic rings. The van der Waals surface area contributed by atoms with E-state index in [0.29, 0.717) is 13.1 Å². The fraction of sp³-hybridized carbons (Fsp3) is 0.286. The molecule has 1 aromatic heterocycles. The fourth-order valence-corrected chi connectivity index (χ4v) is 2.86. The minimum atomic E-state index is -0.681. The van der Waals surface area contributed by atoms with Crippen molar-refractivity contribution in [1.82, 2.24) is 15.1 Å². The van der Waals surface area contributed by atoms with Gasteiger partial charge in [-0.3, -0.25) is 9.89 Å². The van der Waals surface area contributed by atoms with Crippen molar-refractivity contribution < 1.29 is 9.18 Å². The number of hydrogen-bond acceptors (Lipinski definition) is 3. The third-order valence-electron chi connectivity index (χ3n) is 3.71. The first-order valence-corrected chi connectivity index (χ1v) is 6.91. The highest BCUT2D eigenvalue weighted by Crippen LogP contribution is 2.29. The molecule has 0 unspecified atom stereocenters. The summed E-state index contributed by atoms with van der Waals surface area (Å²) in [6.07, 6.45) is 1.70. The molecule has 3 N–H and O–H groups in total. The Morgan fingerprint density at radius 3 is 3.10 bits per heavy atom. The summed E-state index contributed by atoms with van der Waals surface area (Å²) in [4.78, 5) is 14.2. The number of nitrogens with one attached hydrogen (secondary N) is 1. The Kier molecular flexibility index (Phi) is 3.33. The Morgan fingerprint density at radius 1 is 1.57 bits per heavy atom. The number of halogens is 2. The Labute approximate surface area is 125 Å². The summed E-state index contributed by atoms with van der Waals surface area (Å²) in [5.41, 5.74) is 7.59. The third kappa shape index (κ3) is 2.35. The average molecular weight is 309 g/mol. The van der Waals surface area contributed by atoms with Gasteiger partial charge in [-0.2, -0.15) is 5.10 Å². The van der Waals surface area contributed by atoms with E-state index in [1.54, 1.807) is 11.1 Å². The van der Waals surface area contributed by atoms with Gasteiger partial charge in [0.2, 0.25) is 0 Å². The van der Waals surface area contributed by atoms with Crippen LogP contribution in [0.5, 0.6) is 0 Å². The topological polar surface area (TPSA) is 75.0 Å². The lowest BCUT2D eigenvalue weighted by Crippen LogP contribution is -2.37. The van der Waals surface area contributed by atoms with Crippen molar-refractivity contribution in [2.75, 3.05) is 12.3 Å². The van der Waals surface area contributed by atoms with E-state index in [0.717, 1.165) is 17.3 Å². The van der Waals surface area contributed by atoms with Gasteiger partial charge in [-0.05, 0) is 12.1 Å². The predicted molar refractivity (Wildman–Crippen MR) is 77.6 cm³/mol. The van der Waals surface area contributed by atoms with E-state index in [4.69, 9.17) is 17.3 Å². The van der Waals surface area contributed by atoms with E-state index in [9.17, 15) is 9.18 Å². The summed E-state index contributed by atoms with van der Waals surface area (Å²) in [5, 5.41) is 7.09. The second kappa shape index (κ2) is 5.04. The molecule has 0 aliphatic carbocycles. The highest BCUT2D eigenvalue weighted by molar-refractivity contribution is 6.31. The van der Waals surface area contributed by atoms with Gasteiger partial charge in [0.1, 0.15) is 5.82 Å². The maximum Gasteiger partial charge on any atom is 0.256 e. The van der Waals surface area contributed by atoms with Gasteiger partial charge >= 0.3 is 0 Å². The number of benzene rings is 1. The maximum absolute atomic E-state index is 13.6. The lowest BCUT2D eigenvalue weighted by Gasteiger charge is -2.31. The second-order valence-electron chi connectivity index (χ2n) is 5.24. The van der Waals surface area contributed by atoms with Gasteiger partial charge in [0.25, 0.3) is 5.91 Å². The van der Waals surface area contributed by atoms with Gasteiger partial charge in [0.05, 0.1) is 17.4 Å². The second-order valence-corrected chi connectivity index (χ2v) is 5.68. The number of carbonyl (C=O) groups excluding carboxylic acids is 1. The molecule has 1 aliphatic heterocycles. The van der Waals surface area contributed by atoms with Crippen molar-refractivity contribution in [3.63, 3.8) is 0 Å². The number of anilines is 1. The van der Waals surface area contributed by atoms with Gasteiger partial charge in [-0.25, -0.2) is 4.39 Å². The first kappa shape index (κ1) is 13.9. The van der Waals surface area contributed by atoms with E-state index < -0.39 is 5.82 Å². The minimum absolute atomic E-state index is 0.0964. The zero-order valence-electron chi connectivity index (χ0n) is 11.4. The average Bonchev–Trinajstić information content (AvgIpc) is 2.91. The smallest absolute Gasteiger partial charge is 0.256 e. The molecule has 0 spiro atoms. The van der Waals surface area contributed by atoms with Gasteiger partial charge in [0, 0.05) is 35.3 Å². The summed E-state index contributed by atoms with van der Waals surface area (Å²) in [6, 6.07) is 2.50. The van der Waals surface area contributed by atoms with Crippen molar-refractivity contribution in [2.24, 2.45) is 0 Å². The van der Waals surface area contributed by atoms with Crippen LogP contribution >= 0.6 is 11.6 Å². The number of amides is 1. The van der Waals surface area contributed by atoms with Crippen LogP contribution in [0.25, 0.3) is 0 Å². The molecule has 1 aromatic carbocycles. The predicted octanol–water partition coefficient (Wildman–Crippen LogP) is 2.54. The highest BCUT2D eigenvalue weighted by Gasteiger charge is 2.29. The molecule has 2 heterocycles. The molecule has 0 bridgehead atoms. The first-order chi connectivity index (χ1) is 9.97. The van der Waals surface area contributed by atoms with E-state index >= 15 is 0 Å². The number of aromatic nitrogens is 2. The number of fused-ring (bicyclic) bond motifs is 1. The van der Waals surface area contributed by atoms with Crippen LogP contribution in [0.4, 0.5) is 10.1 Å². The number of rotatable bonds is 1. The standard InChI is InChI=1S/C14H14ClFN4O/c1-7-5-20(6-8-4-18-19-13(7)8)14(21)10-2-9(15)3-11(16)12(10)17/h2-4,7H,5-6,17H2,1H3,(H,18,19)/t7-/m0/s1. The maximum atomic E-state index is 13.6. The number of hydrogen-bond donors (Lipinski definition) is 2. The molecule has 0 saturated carbocycles. The molecule has 1 amide bonds. The molecular formula is C14H14ClFN4O. The van der Waals surface area contributed by atoms with E-state index in [1.807, 2.05) is 6.92 Å². The van der Waals surface area contributed by atoms with Crippen LogP contribution in [-0.2, 0) is 6.54 Å². The lowest BCUT2D eigenvalue weighted by atomic mass is 9.97. The van der Waals surface area contributed by atoms with Crippen molar-refractivity contribution in [3.8, 4) is 0 Å². The van der Waals surface area contributed by atoms with Crippen LogP contribution < -0.4 is 5.73 Å². The molecule has 21 heavy (non-hydrogen) atoms. The van der Waals surface area contributed by atoms with Crippen molar-refractivity contribution in [3.05, 3.63) is 46.0 Å². The Hall–Kier alpha value is -2.08. The molecule has 2 aromatic rings. The summed E-state index contributed by atoms with van der Waals surface area (Å²) >= 11 is 5.82. The molecule has 110 valence electrons. The van der Waals surface area contributed by atoms with E-state index in [2.05, 4.69) is 10.2 Å². The van der Waals surface area contributed by atoms with Crippen LogP contribution in [-0.4, -0.2) is 27.5 Å². The number of nitrogens with zero attached hydrogens (tertiary/aromatic N) is 2. The number of carbonyl (C=O) groups is 1. The summed E-state index contributed by atoms with van der Waals surface area (Å²) in [7, 11) is 0. The van der Waals surface area contributed by atoms with Crippen LogP contribution in [0.15, 0.2) is 18.3 Å². The third-order valence-corrected chi connectivity index (χ3v) is 3.93. The van der Waals surface area contributed by atoms with Crippen LogP contribution in [0, 0.1) is 5.82 Å². The fourth-order valence-electron chi connectivity index (χ4n) is 2.65. The van der Waals surface area contributed by atoms with Crippen molar-refractivity contribution >= 4 is 23.2 Å². The van der Waals surface area contributed by atoms with Crippen molar-refractivity contribution in [2.45, 2.75) is 19.4 Å². The molecule has 3 rings (SSSR count). The summed E-state index contributed by atoms with van der Waals surface area (Å²) < 4.78 is 13.6. The number of H-pyrrole nitrogens is 1. The Morgan fingerprint density at radius 2 is 2.33 bits per heavy atom. The number of aromatic amines is 1. The molecule has 1 atom stereocenters. The Bertz CT molecular complexity index is 715. The molecule has 7 heteroatoms. The minimum Gasteiger partial charge on any atom is -0.396 e. The van der Waals surface area contributed by atoms with Gasteiger partial charge in [-0.15, -0.1) is 0 Å². The van der Waals surface area contributed by atoms with Crippen LogP contribution in [0.1, 0.15) is 34.5 Å². The largest absolute Gasteiger partial charge is 0.396 e. The zero-order chi connectivity index (χ0) is 15.1. The quantitative estimate of drug-likeness (QED) is 0.795. The molecule has 0 radical (unpaired) electrons. The number of nitrogens with two attached hydrogens (primary N) is 1. The summed E-state index contributed by atoms with van der Waals surface area (Å²) in [5.74, 6) is -0.877. The molecular weight excluding hydrogens is 295 g/mol. The molecule has 0 fully saturated rings. The SMILES string of the molecule is C[C@H]1CN(C(=O)c2cc(Cl)cc(F)c2N)Cc2cn[nH]c21. The molecule has 0 saturated heterocycles. The monoisotopic (exact) mass is 308 g/mol. The van der Waals surface area contributed by atoms with Crippen LogP contribution in [0.2, 0.25) is 5.02 Å². The lowest BCUT2D eigenvalue weighted by molar-refractivity contribution is 0.0721. The summed E-state index contributed by atoms with van der Waals surface area (Å²) in [6.45, 7) is 2.93. The van der Waals surface area contributed by atoms with Gasteiger partial charge < -0.3 is 10.6 Å². The number of nitrogen functional groups attached to an aromatic ring is 1. The van der Waals surface area contributed by atoms with Gasteiger partial charge in [0.15, 0.2) is 0 Å². The molecule has 5 nitrogen and oxygen atoms in total. The first-order valence-electron chi connectivity index (χ1n) is 6.53. The zero-order valence-corrected chi connectivity index (χ0v) is 12.1. The van der Waals surface area contributed by atoms with Crippen molar-refractivity contribution in [1.29, 1.82) is 0 Å². The highest BCUT2D eigenvalue weighted by atomic mass is 35.5. The van der Waals surface area contributed by atoms with E-state index in [1.165, 1.54) is 6.07 Å². The Balaban J connectivity index is 1.94. The van der Waals surface area contributed by atoms with Gasteiger partial charge in [-0.1, -0.05) is 18.5 Å².